The highest BCUT2D eigenvalue weighted by Crippen LogP contribution is 2.33. The number of carbonyl (C=O) groups is 1. The maximum atomic E-state index is 11.4. The van der Waals surface area contributed by atoms with Gasteiger partial charge in [0.05, 0.1) is 16.7 Å². The minimum absolute atomic E-state index is 0.272. The third-order valence-electron chi connectivity index (χ3n) is 3.59. The van der Waals surface area contributed by atoms with E-state index in [0.717, 1.165) is 18.7 Å². The molecule has 0 spiro atoms. The average molecular weight is 244 g/mol. The third kappa shape index (κ3) is 1.97. The zero-order valence-corrected chi connectivity index (χ0v) is 10.3. The predicted octanol–water partition coefficient (Wildman–Crippen LogP) is 0.842. The van der Waals surface area contributed by atoms with Crippen LogP contribution in [0.3, 0.4) is 0 Å². The van der Waals surface area contributed by atoms with E-state index in [9.17, 15) is 4.79 Å². The molecule has 2 rings (SSSR count). The van der Waals surface area contributed by atoms with E-state index in [0.29, 0.717) is 17.8 Å². The fourth-order valence-electron chi connectivity index (χ4n) is 2.23. The molecule has 1 amide bonds. The number of nitriles is 1. The number of benzene rings is 1. The van der Waals surface area contributed by atoms with Crippen molar-refractivity contribution in [1.29, 1.82) is 5.26 Å². The van der Waals surface area contributed by atoms with Gasteiger partial charge in [0, 0.05) is 18.8 Å². The number of nitrogen functional groups attached to an aromatic ring is 1. The molecule has 1 saturated heterocycles. The number of hydrogen-bond acceptors (Lipinski definition) is 4. The number of carbonyl (C=O) groups excluding carboxylic acids is 1. The summed E-state index contributed by atoms with van der Waals surface area (Å²) in [4.78, 5) is 13.5. The average Bonchev–Trinajstić information content (AvgIpc) is 2.73. The Kier molecular flexibility index (Phi) is 2.87. The molecule has 5 nitrogen and oxygen atoms in total. The lowest BCUT2D eigenvalue weighted by molar-refractivity contribution is -0.125. The van der Waals surface area contributed by atoms with Crippen LogP contribution in [0.2, 0.25) is 0 Å². The minimum atomic E-state index is -0.483. The second kappa shape index (κ2) is 4.22. The molecule has 0 aromatic heterocycles. The molecule has 1 aromatic rings. The lowest BCUT2D eigenvalue weighted by atomic mass is 9.89. The van der Waals surface area contributed by atoms with Gasteiger partial charge in [0.25, 0.3) is 0 Å². The van der Waals surface area contributed by atoms with Crippen molar-refractivity contribution in [3.63, 3.8) is 0 Å². The molecule has 1 unspecified atom stereocenters. The number of hydrogen-bond donors (Lipinski definition) is 2. The largest absolute Gasteiger partial charge is 0.398 e. The third-order valence-corrected chi connectivity index (χ3v) is 3.59. The smallest absolute Gasteiger partial charge is 0.225 e. The van der Waals surface area contributed by atoms with E-state index in [4.69, 9.17) is 16.7 Å². The van der Waals surface area contributed by atoms with Crippen molar-refractivity contribution < 1.29 is 4.79 Å². The van der Waals surface area contributed by atoms with Crippen LogP contribution < -0.4 is 16.4 Å². The highest BCUT2D eigenvalue weighted by molar-refractivity contribution is 5.82. The first-order chi connectivity index (χ1) is 8.46. The molecule has 1 aromatic carbocycles. The zero-order chi connectivity index (χ0) is 13.3. The summed E-state index contributed by atoms with van der Waals surface area (Å²) in [5.41, 5.74) is 12.6. The quantitative estimate of drug-likeness (QED) is 0.753. The fraction of sp³-hybridized carbons (Fsp3) is 0.385. The predicted molar refractivity (Wildman–Crippen MR) is 69.7 cm³/mol. The molecule has 0 saturated carbocycles. The Morgan fingerprint density at radius 1 is 1.56 bits per heavy atom. The lowest BCUT2D eigenvalue weighted by Gasteiger charge is -2.22. The highest BCUT2D eigenvalue weighted by Gasteiger charge is 2.38. The van der Waals surface area contributed by atoms with Crippen molar-refractivity contribution in [3.05, 3.63) is 23.8 Å². The van der Waals surface area contributed by atoms with Gasteiger partial charge in [-0.2, -0.15) is 5.26 Å². The van der Waals surface area contributed by atoms with Crippen LogP contribution in [0, 0.1) is 16.7 Å². The van der Waals surface area contributed by atoms with E-state index < -0.39 is 5.41 Å². The summed E-state index contributed by atoms with van der Waals surface area (Å²) in [5, 5.41) is 8.83. The van der Waals surface area contributed by atoms with E-state index in [1.807, 2.05) is 19.1 Å². The monoisotopic (exact) mass is 244 g/mol. The van der Waals surface area contributed by atoms with Gasteiger partial charge in [0.15, 0.2) is 0 Å². The first kappa shape index (κ1) is 12.2. The Labute approximate surface area is 106 Å². The molecule has 1 aliphatic heterocycles. The maximum absolute atomic E-state index is 11.4. The van der Waals surface area contributed by atoms with Gasteiger partial charge in [-0.05, 0) is 31.5 Å². The summed E-state index contributed by atoms with van der Waals surface area (Å²) in [6, 6.07) is 7.35. The van der Waals surface area contributed by atoms with Crippen molar-refractivity contribution in [3.8, 4) is 6.07 Å². The van der Waals surface area contributed by atoms with Crippen molar-refractivity contribution >= 4 is 17.3 Å². The van der Waals surface area contributed by atoms with Crippen LogP contribution in [0.4, 0.5) is 11.4 Å². The molecular formula is C13H16N4O. The van der Waals surface area contributed by atoms with Crippen LogP contribution in [-0.4, -0.2) is 19.0 Å². The number of amides is 1. The maximum Gasteiger partial charge on any atom is 0.225 e. The molecule has 1 atom stereocenters. The Morgan fingerprint density at radius 2 is 2.28 bits per heavy atom. The standard InChI is InChI=1S/C13H16N4O/c1-13(12(16)18)4-5-17(8-13)10-3-2-9(7-14)11(15)6-10/h2-3,6H,4-5,8,15H2,1H3,(H2,16,18). The molecule has 1 heterocycles. The van der Waals surface area contributed by atoms with Crippen LogP contribution in [0.25, 0.3) is 0 Å². The summed E-state index contributed by atoms with van der Waals surface area (Å²) < 4.78 is 0. The number of nitrogens with zero attached hydrogens (tertiary/aromatic N) is 2. The number of nitrogens with two attached hydrogens (primary N) is 2. The van der Waals surface area contributed by atoms with Gasteiger partial charge < -0.3 is 16.4 Å². The van der Waals surface area contributed by atoms with Crippen LogP contribution in [0.15, 0.2) is 18.2 Å². The zero-order valence-electron chi connectivity index (χ0n) is 10.3. The van der Waals surface area contributed by atoms with Gasteiger partial charge in [-0.25, -0.2) is 0 Å². The molecule has 0 aliphatic carbocycles. The molecule has 18 heavy (non-hydrogen) atoms. The van der Waals surface area contributed by atoms with Crippen LogP contribution in [0.1, 0.15) is 18.9 Å². The molecule has 1 fully saturated rings. The molecule has 5 heteroatoms. The molecular weight excluding hydrogens is 228 g/mol. The van der Waals surface area contributed by atoms with E-state index in [-0.39, 0.29) is 5.91 Å². The highest BCUT2D eigenvalue weighted by atomic mass is 16.1. The summed E-state index contributed by atoms with van der Waals surface area (Å²) >= 11 is 0. The van der Waals surface area contributed by atoms with E-state index in [1.54, 1.807) is 12.1 Å². The minimum Gasteiger partial charge on any atom is -0.398 e. The lowest BCUT2D eigenvalue weighted by Crippen LogP contribution is -2.37. The first-order valence-electron chi connectivity index (χ1n) is 5.81. The van der Waals surface area contributed by atoms with Crippen LogP contribution in [-0.2, 0) is 4.79 Å². The second-order valence-electron chi connectivity index (χ2n) is 4.98. The van der Waals surface area contributed by atoms with Crippen molar-refractivity contribution in [2.75, 3.05) is 23.7 Å². The van der Waals surface area contributed by atoms with E-state index in [1.165, 1.54) is 0 Å². The summed E-state index contributed by atoms with van der Waals surface area (Å²) in [7, 11) is 0. The molecule has 4 N–H and O–H groups in total. The molecule has 0 radical (unpaired) electrons. The second-order valence-corrected chi connectivity index (χ2v) is 4.98. The van der Waals surface area contributed by atoms with Crippen molar-refractivity contribution in [2.24, 2.45) is 11.1 Å². The molecule has 1 aliphatic rings. The molecule has 0 bridgehead atoms. The van der Waals surface area contributed by atoms with E-state index >= 15 is 0 Å². The van der Waals surface area contributed by atoms with Gasteiger partial charge >= 0.3 is 0 Å². The normalized spacial score (nSPS) is 22.8. The number of anilines is 2. The number of primary amides is 1. The summed E-state index contributed by atoms with van der Waals surface area (Å²) in [6.45, 7) is 3.24. The first-order valence-corrected chi connectivity index (χ1v) is 5.81. The Morgan fingerprint density at radius 3 is 2.78 bits per heavy atom. The van der Waals surface area contributed by atoms with Crippen molar-refractivity contribution in [2.45, 2.75) is 13.3 Å². The Bertz CT molecular complexity index is 534. The summed E-state index contributed by atoms with van der Waals surface area (Å²) in [6.07, 6.45) is 0.738. The topological polar surface area (TPSA) is 96.1 Å². The van der Waals surface area contributed by atoms with Crippen LogP contribution >= 0.6 is 0 Å². The van der Waals surface area contributed by atoms with Gasteiger partial charge in [-0.1, -0.05) is 0 Å². The van der Waals surface area contributed by atoms with Gasteiger partial charge in [-0.3, -0.25) is 4.79 Å². The van der Waals surface area contributed by atoms with E-state index in [2.05, 4.69) is 4.90 Å². The molecule has 94 valence electrons. The van der Waals surface area contributed by atoms with Gasteiger partial charge in [0.2, 0.25) is 5.91 Å². The van der Waals surface area contributed by atoms with Crippen molar-refractivity contribution in [1.82, 2.24) is 0 Å². The summed E-state index contributed by atoms with van der Waals surface area (Å²) in [5.74, 6) is -0.272. The van der Waals surface area contributed by atoms with Gasteiger partial charge in [0.1, 0.15) is 6.07 Å². The van der Waals surface area contributed by atoms with Crippen LogP contribution in [0.5, 0.6) is 0 Å². The number of rotatable bonds is 2. The SMILES string of the molecule is CC1(C(N)=O)CCN(c2ccc(C#N)c(N)c2)C1. The van der Waals surface area contributed by atoms with Gasteiger partial charge in [-0.15, -0.1) is 0 Å². The fourth-order valence-corrected chi connectivity index (χ4v) is 2.23. The Hall–Kier alpha value is -2.22. The Balaban J connectivity index is 2.23.